The number of benzene rings is 1. The van der Waals surface area contributed by atoms with Gasteiger partial charge in [0.1, 0.15) is 5.75 Å². The summed E-state index contributed by atoms with van der Waals surface area (Å²) in [5.41, 5.74) is 0.837. The first-order valence-electron chi connectivity index (χ1n) is 7.91. The molecule has 0 aromatic heterocycles. The van der Waals surface area contributed by atoms with E-state index in [1.807, 2.05) is 31.2 Å². The van der Waals surface area contributed by atoms with Crippen LogP contribution in [0.4, 0.5) is 5.69 Å². The average molecular weight is 316 g/mol. The van der Waals surface area contributed by atoms with Crippen molar-refractivity contribution in [2.45, 2.75) is 13.3 Å². The van der Waals surface area contributed by atoms with Crippen LogP contribution in [0, 0.1) is 0 Å². The van der Waals surface area contributed by atoms with Gasteiger partial charge in [-0.15, -0.1) is 6.58 Å². The molecule has 0 spiro atoms. The maximum atomic E-state index is 12.1. The molecule has 6 heteroatoms. The molecule has 1 heterocycles. The molecule has 0 radical (unpaired) electrons. The fraction of sp³-hybridized carbons (Fsp3) is 0.412. The lowest BCUT2D eigenvalue weighted by Gasteiger charge is -2.29. The summed E-state index contributed by atoms with van der Waals surface area (Å²) in [5.74, 6) is 1.52. The van der Waals surface area contributed by atoms with Crippen molar-refractivity contribution < 1.29 is 9.53 Å². The van der Waals surface area contributed by atoms with E-state index in [-0.39, 0.29) is 12.5 Å². The lowest BCUT2D eigenvalue weighted by Crippen LogP contribution is -2.40. The van der Waals surface area contributed by atoms with E-state index in [0.717, 1.165) is 30.4 Å². The predicted molar refractivity (Wildman–Crippen MR) is 93.1 cm³/mol. The first-order valence-corrected chi connectivity index (χ1v) is 7.91. The first kappa shape index (κ1) is 16.9. The maximum absolute atomic E-state index is 12.1. The average Bonchev–Trinajstić information content (AvgIpc) is 2.58. The van der Waals surface area contributed by atoms with E-state index >= 15 is 0 Å². The Balaban J connectivity index is 1.90. The summed E-state index contributed by atoms with van der Waals surface area (Å²) in [6, 6.07) is 7.61. The van der Waals surface area contributed by atoms with E-state index in [1.165, 1.54) is 0 Å². The molecule has 0 saturated carbocycles. The molecule has 124 valence electrons. The molecule has 0 unspecified atom stereocenters. The quantitative estimate of drug-likeness (QED) is 0.347. The minimum Gasteiger partial charge on any atom is -0.482 e. The highest BCUT2D eigenvalue weighted by molar-refractivity contribution is 5.97. The van der Waals surface area contributed by atoms with Gasteiger partial charge in [0.2, 0.25) is 0 Å². The van der Waals surface area contributed by atoms with Crippen LogP contribution in [0.15, 0.2) is 41.9 Å². The van der Waals surface area contributed by atoms with Crippen molar-refractivity contribution in [3.63, 3.8) is 0 Å². The summed E-state index contributed by atoms with van der Waals surface area (Å²) in [6.07, 6.45) is 2.57. The molecule has 0 aliphatic carbocycles. The summed E-state index contributed by atoms with van der Waals surface area (Å²) in [4.78, 5) is 18.3. The first-order chi connectivity index (χ1) is 11.3. The number of anilines is 1. The minimum absolute atomic E-state index is 0.00984. The maximum Gasteiger partial charge on any atom is 0.265 e. The van der Waals surface area contributed by atoms with Gasteiger partial charge < -0.3 is 20.3 Å². The molecule has 1 aromatic rings. The second-order valence-corrected chi connectivity index (χ2v) is 5.09. The zero-order chi connectivity index (χ0) is 16.5. The van der Waals surface area contributed by atoms with Gasteiger partial charge in [-0.05, 0) is 25.5 Å². The Bertz CT molecular complexity index is 571. The van der Waals surface area contributed by atoms with Crippen molar-refractivity contribution >= 4 is 17.6 Å². The normalized spacial score (nSPS) is 14.0. The molecular formula is C17H24N4O2. The third kappa shape index (κ3) is 4.74. The molecule has 1 aliphatic heterocycles. The van der Waals surface area contributed by atoms with Gasteiger partial charge in [-0.2, -0.15) is 0 Å². The smallest absolute Gasteiger partial charge is 0.265 e. The van der Waals surface area contributed by atoms with Gasteiger partial charge in [-0.25, -0.2) is 0 Å². The lowest BCUT2D eigenvalue weighted by atomic mass is 10.2. The van der Waals surface area contributed by atoms with Crippen LogP contribution in [-0.4, -0.2) is 44.7 Å². The monoisotopic (exact) mass is 316 g/mol. The highest BCUT2D eigenvalue weighted by atomic mass is 16.5. The number of nitrogens with zero attached hydrogens (tertiary/aromatic N) is 2. The summed E-state index contributed by atoms with van der Waals surface area (Å²) in [6.45, 7) is 8.54. The topological polar surface area (TPSA) is 66.0 Å². The zero-order valence-corrected chi connectivity index (χ0v) is 13.5. The van der Waals surface area contributed by atoms with E-state index in [9.17, 15) is 4.79 Å². The lowest BCUT2D eigenvalue weighted by molar-refractivity contribution is -0.121. The number of guanidine groups is 1. The summed E-state index contributed by atoms with van der Waals surface area (Å²) >= 11 is 0. The van der Waals surface area contributed by atoms with E-state index in [4.69, 9.17) is 4.74 Å². The Morgan fingerprint density at radius 3 is 3.04 bits per heavy atom. The summed E-state index contributed by atoms with van der Waals surface area (Å²) < 4.78 is 5.44. The van der Waals surface area contributed by atoms with Crippen LogP contribution in [-0.2, 0) is 4.79 Å². The van der Waals surface area contributed by atoms with Crippen LogP contribution in [0.25, 0.3) is 0 Å². The Labute approximate surface area is 137 Å². The van der Waals surface area contributed by atoms with Crippen LogP contribution < -0.4 is 20.3 Å². The van der Waals surface area contributed by atoms with Gasteiger partial charge in [-0.3, -0.25) is 9.79 Å². The second kappa shape index (κ2) is 8.82. The molecule has 0 atom stereocenters. The highest BCUT2D eigenvalue weighted by Gasteiger charge is 2.24. The number of para-hydroxylation sites is 2. The van der Waals surface area contributed by atoms with Crippen molar-refractivity contribution in [1.82, 2.24) is 10.6 Å². The molecule has 0 bridgehead atoms. The molecule has 1 aromatic carbocycles. The van der Waals surface area contributed by atoms with Crippen molar-refractivity contribution in [2.75, 3.05) is 37.7 Å². The van der Waals surface area contributed by atoms with Gasteiger partial charge >= 0.3 is 0 Å². The molecule has 6 nitrogen and oxygen atoms in total. The van der Waals surface area contributed by atoms with E-state index < -0.39 is 0 Å². The molecular weight excluding hydrogens is 292 g/mol. The Morgan fingerprint density at radius 1 is 1.43 bits per heavy atom. The van der Waals surface area contributed by atoms with Crippen molar-refractivity contribution in [2.24, 2.45) is 4.99 Å². The minimum atomic E-state index is -0.00984. The Kier molecular flexibility index (Phi) is 6.47. The molecule has 1 aliphatic rings. The largest absolute Gasteiger partial charge is 0.482 e. The van der Waals surface area contributed by atoms with Crippen molar-refractivity contribution in [3.05, 3.63) is 36.9 Å². The molecule has 1 amide bonds. The number of hydrogen-bond donors (Lipinski definition) is 2. The van der Waals surface area contributed by atoms with E-state index in [0.29, 0.717) is 19.6 Å². The second-order valence-electron chi connectivity index (χ2n) is 5.09. The molecule has 23 heavy (non-hydrogen) atoms. The van der Waals surface area contributed by atoms with Crippen molar-refractivity contribution in [3.8, 4) is 5.75 Å². The van der Waals surface area contributed by atoms with Gasteiger partial charge in [0.25, 0.3) is 5.91 Å². The summed E-state index contributed by atoms with van der Waals surface area (Å²) in [5, 5.41) is 6.32. The zero-order valence-electron chi connectivity index (χ0n) is 13.5. The van der Waals surface area contributed by atoms with Gasteiger partial charge in [0.05, 0.1) is 5.69 Å². The third-order valence-electron chi connectivity index (χ3n) is 3.38. The number of aliphatic imine (C=N–C) groups is 1. The number of ether oxygens (including phenoxy) is 1. The number of rotatable bonds is 7. The van der Waals surface area contributed by atoms with Crippen LogP contribution in [0.5, 0.6) is 5.75 Å². The molecule has 0 fully saturated rings. The van der Waals surface area contributed by atoms with Crippen LogP contribution in [0.2, 0.25) is 0 Å². The Morgan fingerprint density at radius 2 is 2.26 bits per heavy atom. The van der Waals surface area contributed by atoms with Crippen molar-refractivity contribution in [1.29, 1.82) is 0 Å². The summed E-state index contributed by atoms with van der Waals surface area (Å²) in [7, 11) is 0. The standard InChI is InChI=1S/C17H24N4O2/c1-3-10-19-17(18-4-2)20-11-7-12-21-14-8-5-6-9-15(14)23-13-16(21)22/h3,5-6,8-9H,1,4,7,10-13H2,2H3,(H2,18,19,20). The van der Waals surface area contributed by atoms with Crippen LogP contribution in [0.3, 0.4) is 0 Å². The highest BCUT2D eigenvalue weighted by Crippen LogP contribution is 2.31. The van der Waals surface area contributed by atoms with Gasteiger partial charge in [-0.1, -0.05) is 18.2 Å². The van der Waals surface area contributed by atoms with E-state index in [1.54, 1.807) is 11.0 Å². The number of carbonyl (C=O) groups excluding carboxylic acids is 1. The van der Waals surface area contributed by atoms with E-state index in [2.05, 4.69) is 22.2 Å². The third-order valence-corrected chi connectivity index (χ3v) is 3.38. The molecule has 2 N–H and O–H groups in total. The van der Waals surface area contributed by atoms with Gasteiger partial charge in [0.15, 0.2) is 12.6 Å². The number of nitrogens with one attached hydrogen (secondary N) is 2. The SMILES string of the molecule is C=CCNC(=NCCCN1C(=O)COc2ccccc21)NCC. The number of amides is 1. The van der Waals surface area contributed by atoms with Crippen LogP contribution in [0.1, 0.15) is 13.3 Å². The number of carbonyl (C=O) groups is 1. The molecule has 2 rings (SSSR count). The predicted octanol–water partition coefficient (Wildman–Crippen LogP) is 1.54. The van der Waals surface area contributed by atoms with Gasteiger partial charge in [0, 0.05) is 26.2 Å². The molecule has 0 saturated heterocycles. The fourth-order valence-electron chi connectivity index (χ4n) is 2.33. The Hall–Kier alpha value is -2.50. The van der Waals surface area contributed by atoms with Crippen LogP contribution >= 0.6 is 0 Å². The fourth-order valence-corrected chi connectivity index (χ4v) is 2.33. The number of hydrogen-bond acceptors (Lipinski definition) is 3. The number of fused-ring (bicyclic) bond motifs is 1.